The van der Waals surface area contributed by atoms with Crippen molar-refractivity contribution in [3.63, 3.8) is 0 Å². The lowest BCUT2D eigenvalue weighted by Gasteiger charge is -2.29. The molecule has 2 heterocycles. The van der Waals surface area contributed by atoms with E-state index >= 15 is 0 Å². The zero-order valence-corrected chi connectivity index (χ0v) is 9.68. The SMILES string of the molecule is Cc1nc(C(=O)N2CCC(C(N)=O)CC2)co1. The molecule has 2 amide bonds. The zero-order chi connectivity index (χ0) is 12.4. The number of aromatic nitrogens is 1. The molecule has 0 aliphatic carbocycles. The molecule has 1 aliphatic rings. The van der Waals surface area contributed by atoms with Crippen LogP contribution in [0.1, 0.15) is 29.2 Å². The molecular formula is C11H15N3O3. The highest BCUT2D eigenvalue weighted by Crippen LogP contribution is 2.18. The smallest absolute Gasteiger partial charge is 0.275 e. The molecule has 6 nitrogen and oxygen atoms in total. The fourth-order valence-electron chi connectivity index (χ4n) is 1.99. The van der Waals surface area contributed by atoms with Gasteiger partial charge in [0.25, 0.3) is 5.91 Å². The number of rotatable bonds is 2. The minimum absolute atomic E-state index is 0.113. The van der Waals surface area contributed by atoms with Crippen LogP contribution in [0.4, 0.5) is 0 Å². The van der Waals surface area contributed by atoms with Gasteiger partial charge in [-0.25, -0.2) is 4.98 Å². The Morgan fingerprint density at radius 3 is 2.59 bits per heavy atom. The molecule has 17 heavy (non-hydrogen) atoms. The van der Waals surface area contributed by atoms with Crippen LogP contribution in [0, 0.1) is 12.8 Å². The lowest BCUT2D eigenvalue weighted by atomic mass is 9.96. The maximum atomic E-state index is 12.0. The predicted octanol–water partition coefficient (Wildman–Crippen LogP) is 0.321. The molecule has 1 fully saturated rings. The average Bonchev–Trinajstić information content (AvgIpc) is 2.75. The number of nitrogens with zero attached hydrogens (tertiary/aromatic N) is 2. The topological polar surface area (TPSA) is 89.4 Å². The molecule has 92 valence electrons. The third-order valence-corrected chi connectivity index (χ3v) is 3.02. The zero-order valence-electron chi connectivity index (χ0n) is 9.68. The van der Waals surface area contributed by atoms with E-state index in [9.17, 15) is 9.59 Å². The Bertz CT molecular complexity index is 433. The van der Waals surface area contributed by atoms with Crippen LogP contribution in [0.25, 0.3) is 0 Å². The molecule has 2 rings (SSSR count). The van der Waals surface area contributed by atoms with Crippen molar-refractivity contribution in [2.75, 3.05) is 13.1 Å². The number of carbonyl (C=O) groups is 2. The van der Waals surface area contributed by atoms with Crippen molar-refractivity contribution in [3.8, 4) is 0 Å². The van der Waals surface area contributed by atoms with Crippen LogP contribution >= 0.6 is 0 Å². The Morgan fingerprint density at radius 2 is 2.12 bits per heavy atom. The van der Waals surface area contributed by atoms with Crippen LogP contribution in [-0.2, 0) is 4.79 Å². The van der Waals surface area contributed by atoms with Gasteiger partial charge in [0.2, 0.25) is 5.91 Å². The van der Waals surface area contributed by atoms with Crippen LogP contribution in [0.15, 0.2) is 10.7 Å². The summed E-state index contributed by atoms with van der Waals surface area (Å²) < 4.78 is 5.00. The minimum Gasteiger partial charge on any atom is -0.448 e. The summed E-state index contributed by atoms with van der Waals surface area (Å²) in [4.78, 5) is 28.6. The molecular weight excluding hydrogens is 222 g/mol. The first kappa shape index (κ1) is 11.6. The number of likely N-dealkylation sites (tertiary alicyclic amines) is 1. The molecule has 1 aromatic rings. The molecule has 0 unspecified atom stereocenters. The lowest BCUT2D eigenvalue weighted by molar-refractivity contribution is -0.123. The van der Waals surface area contributed by atoms with Gasteiger partial charge in [-0.2, -0.15) is 0 Å². The van der Waals surface area contributed by atoms with Gasteiger partial charge in [-0.05, 0) is 12.8 Å². The Morgan fingerprint density at radius 1 is 1.47 bits per heavy atom. The van der Waals surface area contributed by atoms with Crippen molar-refractivity contribution in [1.82, 2.24) is 9.88 Å². The Kier molecular flexibility index (Phi) is 3.12. The van der Waals surface area contributed by atoms with Crippen LogP contribution in [0.5, 0.6) is 0 Å². The quantitative estimate of drug-likeness (QED) is 0.802. The van der Waals surface area contributed by atoms with E-state index in [1.165, 1.54) is 6.26 Å². The van der Waals surface area contributed by atoms with E-state index in [-0.39, 0.29) is 17.7 Å². The molecule has 2 N–H and O–H groups in total. The summed E-state index contributed by atoms with van der Waals surface area (Å²) >= 11 is 0. The number of hydrogen-bond donors (Lipinski definition) is 1. The van der Waals surface area contributed by atoms with E-state index in [0.29, 0.717) is 37.5 Å². The summed E-state index contributed by atoms with van der Waals surface area (Å²) in [7, 11) is 0. The van der Waals surface area contributed by atoms with E-state index in [4.69, 9.17) is 10.2 Å². The van der Waals surface area contributed by atoms with Gasteiger partial charge < -0.3 is 15.1 Å². The minimum atomic E-state index is -0.283. The third kappa shape index (κ3) is 2.46. The fraction of sp³-hybridized carbons (Fsp3) is 0.545. The average molecular weight is 237 g/mol. The van der Waals surface area contributed by atoms with Gasteiger partial charge in [-0.15, -0.1) is 0 Å². The number of nitrogens with two attached hydrogens (primary N) is 1. The first-order chi connectivity index (χ1) is 8.08. The largest absolute Gasteiger partial charge is 0.448 e. The summed E-state index contributed by atoms with van der Waals surface area (Å²) in [5, 5.41) is 0. The van der Waals surface area contributed by atoms with Crippen LogP contribution < -0.4 is 5.73 Å². The maximum absolute atomic E-state index is 12.0. The molecule has 0 atom stereocenters. The lowest BCUT2D eigenvalue weighted by Crippen LogP contribution is -2.41. The summed E-state index contributed by atoms with van der Waals surface area (Å²) in [6, 6.07) is 0. The van der Waals surface area contributed by atoms with Crippen molar-refractivity contribution < 1.29 is 14.0 Å². The number of carbonyl (C=O) groups excluding carboxylic acids is 2. The Balaban J connectivity index is 1.97. The second kappa shape index (κ2) is 4.57. The van der Waals surface area contributed by atoms with Gasteiger partial charge in [0.05, 0.1) is 0 Å². The number of amides is 2. The number of primary amides is 1. The van der Waals surface area contributed by atoms with Crippen molar-refractivity contribution in [2.45, 2.75) is 19.8 Å². The van der Waals surface area contributed by atoms with Crippen molar-refractivity contribution in [3.05, 3.63) is 17.8 Å². The van der Waals surface area contributed by atoms with E-state index in [1.54, 1.807) is 11.8 Å². The van der Waals surface area contributed by atoms with Gasteiger partial charge in [0, 0.05) is 25.9 Å². The molecule has 0 aromatic carbocycles. The molecule has 1 aromatic heterocycles. The normalized spacial score (nSPS) is 17.1. The van der Waals surface area contributed by atoms with E-state index in [1.807, 2.05) is 0 Å². The monoisotopic (exact) mass is 237 g/mol. The van der Waals surface area contributed by atoms with Crippen LogP contribution in [0.3, 0.4) is 0 Å². The summed E-state index contributed by atoms with van der Waals surface area (Å²) in [6.07, 6.45) is 2.60. The Labute approximate surface area is 98.8 Å². The van der Waals surface area contributed by atoms with Crippen LogP contribution in [0.2, 0.25) is 0 Å². The van der Waals surface area contributed by atoms with Crippen molar-refractivity contribution in [2.24, 2.45) is 11.7 Å². The predicted molar refractivity (Wildman–Crippen MR) is 59.1 cm³/mol. The van der Waals surface area contributed by atoms with Crippen molar-refractivity contribution in [1.29, 1.82) is 0 Å². The van der Waals surface area contributed by atoms with E-state index < -0.39 is 0 Å². The second-order valence-electron chi connectivity index (χ2n) is 4.22. The summed E-state index contributed by atoms with van der Waals surface area (Å²) in [6.45, 7) is 2.77. The van der Waals surface area contributed by atoms with E-state index in [2.05, 4.69) is 4.98 Å². The fourth-order valence-corrected chi connectivity index (χ4v) is 1.99. The molecule has 1 aliphatic heterocycles. The highest BCUT2D eigenvalue weighted by atomic mass is 16.3. The summed E-state index contributed by atoms with van der Waals surface area (Å²) in [5.41, 5.74) is 5.55. The van der Waals surface area contributed by atoms with Gasteiger partial charge >= 0.3 is 0 Å². The number of piperidine rings is 1. The summed E-state index contributed by atoms with van der Waals surface area (Å²) in [5.74, 6) is -0.0717. The van der Waals surface area contributed by atoms with Gasteiger partial charge in [0.15, 0.2) is 11.6 Å². The second-order valence-corrected chi connectivity index (χ2v) is 4.22. The maximum Gasteiger partial charge on any atom is 0.275 e. The van der Waals surface area contributed by atoms with Gasteiger partial charge in [-0.3, -0.25) is 9.59 Å². The molecule has 0 saturated carbocycles. The van der Waals surface area contributed by atoms with Gasteiger partial charge in [0.1, 0.15) is 6.26 Å². The highest BCUT2D eigenvalue weighted by Gasteiger charge is 2.27. The first-order valence-electron chi connectivity index (χ1n) is 5.58. The molecule has 0 radical (unpaired) electrons. The van der Waals surface area contributed by atoms with Crippen LogP contribution in [-0.4, -0.2) is 34.8 Å². The molecule has 0 spiro atoms. The number of hydrogen-bond acceptors (Lipinski definition) is 4. The first-order valence-corrected chi connectivity index (χ1v) is 5.58. The highest BCUT2D eigenvalue weighted by molar-refractivity contribution is 5.92. The number of aryl methyl sites for hydroxylation is 1. The Hall–Kier alpha value is -1.85. The standard InChI is InChI=1S/C11H15N3O3/c1-7-13-9(6-17-7)11(16)14-4-2-8(3-5-14)10(12)15/h6,8H,2-5H2,1H3,(H2,12,15). The molecule has 0 bridgehead atoms. The number of oxazole rings is 1. The molecule has 6 heteroatoms. The third-order valence-electron chi connectivity index (χ3n) is 3.02. The van der Waals surface area contributed by atoms with E-state index in [0.717, 1.165) is 0 Å². The van der Waals surface area contributed by atoms with Crippen molar-refractivity contribution >= 4 is 11.8 Å². The van der Waals surface area contributed by atoms with Gasteiger partial charge in [-0.1, -0.05) is 0 Å². The molecule has 1 saturated heterocycles.